The monoisotopic (exact) mass is 858 g/mol. The van der Waals surface area contributed by atoms with Crippen molar-refractivity contribution in [3.8, 4) is 0 Å². The number of carbonyl (C=O) groups is 7. The number of cyclic esters (lactones) is 1. The van der Waals surface area contributed by atoms with Crippen molar-refractivity contribution in [1.29, 1.82) is 0 Å². The van der Waals surface area contributed by atoms with E-state index in [4.69, 9.17) is 42.6 Å². The molecule has 1 N–H and O–H groups in total. The van der Waals surface area contributed by atoms with Crippen LogP contribution in [0.15, 0.2) is 22.8 Å². The van der Waals surface area contributed by atoms with E-state index < -0.39 is 125 Å². The second-order valence-electron chi connectivity index (χ2n) is 18.6. The highest BCUT2D eigenvalue weighted by atomic mass is 16.7. The molecule has 0 aromatic carbocycles. The minimum atomic E-state index is -1.58. The molecule has 61 heavy (non-hydrogen) atoms. The second kappa shape index (κ2) is 15.6. The Hall–Kier alpha value is -4.19. The number of aliphatic hydroxyl groups is 1. The minimum Gasteiger partial charge on any atom is -0.463 e. The van der Waals surface area contributed by atoms with Crippen LogP contribution in [0.4, 0.5) is 0 Å². The summed E-state index contributed by atoms with van der Waals surface area (Å²) in [6.07, 6.45) is -5.52. The third-order valence-electron chi connectivity index (χ3n) is 15.3. The van der Waals surface area contributed by atoms with Crippen molar-refractivity contribution in [1.82, 2.24) is 0 Å². The molecule has 17 nitrogen and oxygen atoms in total. The molecule has 4 aliphatic carbocycles. The summed E-state index contributed by atoms with van der Waals surface area (Å²) in [7, 11) is 0. The van der Waals surface area contributed by atoms with Crippen molar-refractivity contribution in [2.75, 3.05) is 6.61 Å². The quantitative estimate of drug-likeness (QED) is 0.199. The Morgan fingerprint density at radius 2 is 1.43 bits per heavy atom. The van der Waals surface area contributed by atoms with E-state index in [1.54, 1.807) is 13.8 Å². The fourth-order valence-electron chi connectivity index (χ4n) is 12.3. The molecule has 0 aromatic heterocycles. The first-order chi connectivity index (χ1) is 28.4. The number of carbonyl (C=O) groups excluding carboxylic acids is 7. The predicted octanol–water partition coefficient (Wildman–Crippen LogP) is 3.43. The number of fused-ring (bicyclic) bond motifs is 3. The summed E-state index contributed by atoms with van der Waals surface area (Å²) in [5.41, 5.74) is -4.06. The number of ketones is 1. The SMILES string of the molecule is CC(=O)OC[C@H]1O[C@@H](O[C@H]2CC(=O)[C@@]3(C)C(=CC[C@@H]4[C@@H]3CC[C@@]3(C)[C@]45O[C@@](C)([C@H]4CC(C)=C(C)C(=O)O4)[C@]3(O)C[C@@H]5OC(C)=O)C2)[C@H](OC(C)=O)[C@@H](OC(C)=O)[C@@H]1OC(C)=O. The lowest BCUT2D eigenvalue weighted by molar-refractivity contribution is -0.317. The molecule has 2 bridgehead atoms. The highest BCUT2D eigenvalue weighted by Gasteiger charge is 2.88. The largest absolute Gasteiger partial charge is 0.463 e. The van der Waals surface area contributed by atoms with Gasteiger partial charge in [-0.2, -0.15) is 0 Å². The van der Waals surface area contributed by atoms with Crippen molar-refractivity contribution >= 4 is 41.6 Å². The average molecular weight is 859 g/mol. The van der Waals surface area contributed by atoms with E-state index >= 15 is 0 Å². The van der Waals surface area contributed by atoms with Gasteiger partial charge in [-0.3, -0.25) is 28.8 Å². The molecule has 15 atom stereocenters. The molecule has 0 amide bonds. The van der Waals surface area contributed by atoms with Gasteiger partial charge in [0.05, 0.1) is 11.5 Å². The van der Waals surface area contributed by atoms with Crippen LogP contribution in [0.2, 0.25) is 0 Å². The second-order valence-corrected chi connectivity index (χ2v) is 18.6. The van der Waals surface area contributed by atoms with Crippen LogP contribution >= 0.6 is 0 Å². The Balaban J connectivity index is 1.21. The average Bonchev–Trinajstić information content (AvgIpc) is 3.44. The zero-order valence-corrected chi connectivity index (χ0v) is 36.5. The Bertz CT molecular complexity index is 1970. The third kappa shape index (κ3) is 6.83. The van der Waals surface area contributed by atoms with E-state index in [2.05, 4.69) is 0 Å². The fraction of sp³-hybridized carbons (Fsp3) is 0.750. The number of ether oxygens (including phenoxy) is 9. The molecule has 5 fully saturated rings. The number of allylic oxidation sites excluding steroid dienone is 1. The van der Waals surface area contributed by atoms with Gasteiger partial charge in [-0.15, -0.1) is 0 Å². The number of rotatable bonds is 9. The van der Waals surface area contributed by atoms with Crippen LogP contribution in [0.5, 0.6) is 0 Å². The number of hydrogen-bond acceptors (Lipinski definition) is 17. The molecule has 0 unspecified atom stereocenters. The van der Waals surface area contributed by atoms with Crippen LogP contribution in [0.1, 0.15) is 114 Å². The van der Waals surface area contributed by atoms with Crippen LogP contribution in [0.3, 0.4) is 0 Å². The highest BCUT2D eigenvalue weighted by molar-refractivity contribution is 5.90. The zero-order chi connectivity index (χ0) is 44.8. The summed E-state index contributed by atoms with van der Waals surface area (Å²) in [5, 5.41) is 13.1. The molecule has 336 valence electrons. The number of esters is 6. The summed E-state index contributed by atoms with van der Waals surface area (Å²) in [4.78, 5) is 89.6. The molecule has 2 saturated heterocycles. The lowest BCUT2D eigenvalue weighted by atomic mass is 9.45. The minimum absolute atomic E-state index is 0.0612. The van der Waals surface area contributed by atoms with Crippen LogP contribution in [0, 0.1) is 22.7 Å². The van der Waals surface area contributed by atoms with Gasteiger partial charge < -0.3 is 47.7 Å². The standard InChI is InChI=1S/C44H58O17/c1-20-15-33(60-38(51)21(20)2)42(10)43(52)18-34(54-23(4)46)44(61-42)30-12-11-27-16-28(17-32(50)41(27,9)29(30)13-14-40(43,44)8)58-39-37(57-26(7)49)36(56-25(6)48)35(55-24(5)47)31(59-39)19-53-22(3)45/h11,28-31,33-37,39,52H,12-19H2,1-10H3/t28-,29+,30-,31-,33-,34+,35-,36+,37-,39-,40-,41+,42+,43+,44+/m1/s1. The van der Waals surface area contributed by atoms with Crippen LogP contribution in [0.25, 0.3) is 0 Å². The van der Waals surface area contributed by atoms with Crippen molar-refractivity contribution < 1.29 is 81.3 Å². The molecule has 7 rings (SSSR count). The molecule has 3 heterocycles. The van der Waals surface area contributed by atoms with Crippen LogP contribution in [-0.4, -0.2) is 119 Å². The molecular weight excluding hydrogens is 800 g/mol. The van der Waals surface area contributed by atoms with Crippen molar-refractivity contribution in [3.63, 3.8) is 0 Å². The van der Waals surface area contributed by atoms with E-state index in [1.165, 1.54) is 13.8 Å². The van der Waals surface area contributed by atoms with E-state index in [0.717, 1.165) is 31.9 Å². The first-order valence-electron chi connectivity index (χ1n) is 21.1. The molecule has 3 saturated carbocycles. The van der Waals surface area contributed by atoms with Crippen molar-refractivity contribution in [2.24, 2.45) is 22.7 Å². The van der Waals surface area contributed by atoms with Gasteiger partial charge in [-0.05, 0) is 65.2 Å². The van der Waals surface area contributed by atoms with E-state index in [1.807, 2.05) is 26.8 Å². The maximum atomic E-state index is 14.8. The highest BCUT2D eigenvalue weighted by Crippen LogP contribution is 2.77. The molecule has 0 aromatic rings. The summed E-state index contributed by atoms with van der Waals surface area (Å²) < 4.78 is 53.9. The smallest absolute Gasteiger partial charge is 0.334 e. The Kier molecular flexibility index (Phi) is 11.4. The first-order valence-corrected chi connectivity index (χ1v) is 21.1. The van der Waals surface area contributed by atoms with E-state index in [9.17, 15) is 38.7 Å². The Morgan fingerprint density at radius 1 is 0.803 bits per heavy atom. The van der Waals surface area contributed by atoms with Crippen LogP contribution < -0.4 is 0 Å². The van der Waals surface area contributed by atoms with Gasteiger partial charge in [0, 0.05) is 64.9 Å². The summed E-state index contributed by atoms with van der Waals surface area (Å²) in [6.45, 7) is 14.7. The third-order valence-corrected chi connectivity index (χ3v) is 15.3. The summed E-state index contributed by atoms with van der Waals surface area (Å²) in [6, 6.07) is 0. The van der Waals surface area contributed by atoms with Gasteiger partial charge in [0.15, 0.2) is 24.6 Å². The maximum absolute atomic E-state index is 14.8. The van der Waals surface area contributed by atoms with Crippen LogP contribution in [-0.2, 0) is 76.2 Å². The first kappa shape index (κ1) is 44.9. The number of Topliss-reactive ketones (excluding diaryl/α,β-unsaturated/α-hetero) is 1. The van der Waals surface area contributed by atoms with E-state index in [-0.39, 0.29) is 31.0 Å². The van der Waals surface area contributed by atoms with E-state index in [0.29, 0.717) is 31.3 Å². The topological polar surface area (TPSA) is 223 Å². The van der Waals surface area contributed by atoms with Gasteiger partial charge in [-0.25, -0.2) is 4.79 Å². The Morgan fingerprint density at radius 3 is 2.03 bits per heavy atom. The molecular formula is C44H58O17. The van der Waals surface area contributed by atoms with Gasteiger partial charge in [-0.1, -0.05) is 24.1 Å². The Labute approximate surface area is 354 Å². The van der Waals surface area contributed by atoms with Gasteiger partial charge >= 0.3 is 35.8 Å². The maximum Gasteiger partial charge on any atom is 0.334 e. The van der Waals surface area contributed by atoms with Crippen molar-refractivity contribution in [3.05, 3.63) is 22.8 Å². The normalized spacial score (nSPS) is 43.8. The molecule has 17 heteroatoms. The molecule has 0 radical (unpaired) electrons. The number of hydrogen-bond donors (Lipinski definition) is 1. The molecule has 7 aliphatic rings. The van der Waals surface area contributed by atoms with Gasteiger partial charge in [0.2, 0.25) is 0 Å². The molecule has 0 spiro atoms. The summed E-state index contributed by atoms with van der Waals surface area (Å²) >= 11 is 0. The lowest BCUT2D eigenvalue weighted by Crippen LogP contribution is -2.66. The fourth-order valence-corrected chi connectivity index (χ4v) is 12.3. The van der Waals surface area contributed by atoms with Gasteiger partial charge in [0.25, 0.3) is 0 Å². The zero-order valence-electron chi connectivity index (χ0n) is 36.5. The lowest BCUT2D eigenvalue weighted by Gasteiger charge is -2.60. The molecule has 3 aliphatic heterocycles. The van der Waals surface area contributed by atoms with Crippen molar-refractivity contribution in [2.45, 2.75) is 180 Å². The summed E-state index contributed by atoms with van der Waals surface area (Å²) in [5.74, 6) is -4.87. The predicted molar refractivity (Wildman–Crippen MR) is 206 cm³/mol. The van der Waals surface area contributed by atoms with Gasteiger partial charge in [0.1, 0.15) is 47.5 Å².